The van der Waals surface area contributed by atoms with Gasteiger partial charge in [0.1, 0.15) is 5.54 Å². The summed E-state index contributed by atoms with van der Waals surface area (Å²) in [6.07, 6.45) is 3.64. The van der Waals surface area contributed by atoms with Crippen molar-refractivity contribution in [2.24, 2.45) is 11.8 Å². The highest BCUT2D eigenvalue weighted by atomic mass is 16.5. The summed E-state index contributed by atoms with van der Waals surface area (Å²) in [5.74, 6) is -2.64. The van der Waals surface area contributed by atoms with Crippen LogP contribution in [0.4, 0.5) is 0 Å². The molecular weight excluding hydrogens is 370 g/mol. The molecule has 0 radical (unpaired) electrons. The number of benzene rings is 1. The molecule has 2 aliphatic heterocycles. The highest BCUT2D eigenvalue weighted by Crippen LogP contribution is 2.50. The number of ether oxygens (including phenoxy) is 1. The van der Waals surface area contributed by atoms with E-state index in [9.17, 15) is 14.4 Å². The number of rotatable bonds is 5. The average Bonchev–Trinajstić information content (AvgIpc) is 3.24. The smallest absolute Gasteiger partial charge is 0.326 e. The topological polar surface area (TPSA) is 88.6 Å². The van der Waals surface area contributed by atoms with Gasteiger partial charge in [-0.1, -0.05) is 43.3 Å². The van der Waals surface area contributed by atoms with E-state index in [1.807, 2.05) is 43.3 Å². The lowest BCUT2D eigenvalue weighted by molar-refractivity contribution is -0.154. The Morgan fingerprint density at radius 1 is 1.17 bits per heavy atom. The maximum Gasteiger partial charge on any atom is 0.326 e. The number of likely N-dealkylation sites (tertiary alicyclic amines) is 1. The molecule has 4 rings (SSSR count). The number of carbonyl (C=O) groups is 3. The van der Waals surface area contributed by atoms with E-state index in [2.05, 4.69) is 10.3 Å². The summed E-state index contributed by atoms with van der Waals surface area (Å²) in [4.78, 5) is 45.1. The van der Waals surface area contributed by atoms with Gasteiger partial charge < -0.3 is 4.74 Å². The number of esters is 1. The summed E-state index contributed by atoms with van der Waals surface area (Å²) in [5, 5.41) is 3.29. The lowest BCUT2D eigenvalue weighted by Crippen LogP contribution is -2.55. The van der Waals surface area contributed by atoms with Crippen LogP contribution in [0.5, 0.6) is 0 Å². The lowest BCUT2D eigenvalue weighted by atomic mass is 9.78. The van der Waals surface area contributed by atoms with Gasteiger partial charge in [-0.3, -0.25) is 29.6 Å². The maximum atomic E-state index is 13.4. The third-order valence-electron chi connectivity index (χ3n) is 6.08. The fourth-order valence-corrected chi connectivity index (χ4v) is 4.67. The lowest BCUT2D eigenvalue weighted by Gasteiger charge is -2.31. The molecule has 3 heterocycles. The Hall–Kier alpha value is -3.06. The normalized spacial score (nSPS) is 28.5. The van der Waals surface area contributed by atoms with Crippen LogP contribution in [0.3, 0.4) is 0 Å². The number of amides is 2. The van der Waals surface area contributed by atoms with E-state index in [-0.39, 0.29) is 18.4 Å². The number of hydrogen-bond donors (Lipinski definition) is 1. The van der Waals surface area contributed by atoms with Crippen molar-refractivity contribution in [2.75, 3.05) is 7.11 Å². The first-order valence-corrected chi connectivity index (χ1v) is 9.68. The molecule has 2 aliphatic rings. The molecule has 1 N–H and O–H groups in total. The third kappa shape index (κ3) is 2.93. The molecule has 1 aromatic heterocycles. The van der Waals surface area contributed by atoms with Crippen molar-refractivity contribution < 1.29 is 19.1 Å². The van der Waals surface area contributed by atoms with Crippen LogP contribution in [0.2, 0.25) is 0 Å². The Kier molecular flexibility index (Phi) is 4.92. The van der Waals surface area contributed by atoms with Gasteiger partial charge in [-0.05, 0) is 23.6 Å². The van der Waals surface area contributed by atoms with Gasteiger partial charge in [0.25, 0.3) is 0 Å². The molecule has 2 saturated heterocycles. The van der Waals surface area contributed by atoms with Gasteiger partial charge >= 0.3 is 5.97 Å². The number of nitrogens with one attached hydrogen (secondary N) is 1. The van der Waals surface area contributed by atoms with Crippen molar-refractivity contribution in [3.05, 3.63) is 66.0 Å². The highest BCUT2D eigenvalue weighted by molar-refractivity contribution is 6.09. The molecule has 29 heavy (non-hydrogen) atoms. The zero-order valence-electron chi connectivity index (χ0n) is 16.4. The van der Waals surface area contributed by atoms with Crippen molar-refractivity contribution in [3.8, 4) is 0 Å². The molecule has 2 amide bonds. The molecular formula is C22H23N3O4. The van der Waals surface area contributed by atoms with Crippen molar-refractivity contribution in [2.45, 2.75) is 31.5 Å². The summed E-state index contributed by atoms with van der Waals surface area (Å²) in [5.41, 5.74) is 0.377. The molecule has 2 fully saturated rings. The maximum absolute atomic E-state index is 13.4. The summed E-state index contributed by atoms with van der Waals surface area (Å²) >= 11 is 0. The summed E-state index contributed by atoms with van der Waals surface area (Å²) in [6, 6.07) is 12.5. The first-order chi connectivity index (χ1) is 14.0. The van der Waals surface area contributed by atoms with Crippen LogP contribution in [0.1, 0.15) is 30.5 Å². The number of nitrogens with zero attached hydrogens (tertiary/aromatic N) is 2. The molecule has 7 heteroatoms. The van der Waals surface area contributed by atoms with Crippen LogP contribution in [-0.2, 0) is 25.7 Å². The number of fused-ring (bicyclic) bond motifs is 1. The van der Waals surface area contributed by atoms with Gasteiger partial charge in [0.15, 0.2) is 0 Å². The van der Waals surface area contributed by atoms with Gasteiger partial charge in [0, 0.05) is 18.4 Å². The third-order valence-corrected chi connectivity index (χ3v) is 6.08. The van der Waals surface area contributed by atoms with E-state index >= 15 is 0 Å². The van der Waals surface area contributed by atoms with E-state index in [1.54, 1.807) is 18.5 Å². The molecule has 4 atom stereocenters. The number of methoxy groups -OCH3 is 1. The summed E-state index contributed by atoms with van der Waals surface area (Å²) in [7, 11) is 1.30. The second kappa shape index (κ2) is 7.40. The Morgan fingerprint density at radius 3 is 2.55 bits per heavy atom. The first-order valence-electron chi connectivity index (χ1n) is 9.68. The molecule has 0 spiro atoms. The first kappa shape index (κ1) is 19.3. The number of hydrogen-bond acceptors (Lipinski definition) is 6. The van der Waals surface area contributed by atoms with Crippen LogP contribution < -0.4 is 5.32 Å². The Labute approximate surface area is 169 Å². The molecule has 0 aliphatic carbocycles. The molecule has 2 aromatic rings. The van der Waals surface area contributed by atoms with E-state index in [1.165, 1.54) is 12.0 Å². The molecule has 0 unspecified atom stereocenters. The van der Waals surface area contributed by atoms with Crippen LogP contribution >= 0.6 is 0 Å². The summed E-state index contributed by atoms with van der Waals surface area (Å²) < 4.78 is 5.06. The highest BCUT2D eigenvalue weighted by Gasteiger charge is 2.68. The van der Waals surface area contributed by atoms with Crippen LogP contribution in [0.25, 0.3) is 0 Å². The molecule has 0 saturated carbocycles. The Balaban J connectivity index is 1.77. The molecule has 1 aromatic carbocycles. The van der Waals surface area contributed by atoms with Gasteiger partial charge in [-0.2, -0.15) is 0 Å². The molecule has 150 valence electrons. The SMILES string of the molecule is CC[C@]1(C(=O)OC)N[C@@H](c2cccnc2)[C@H]2C(=O)N(Cc3ccccc3)C(=O)[C@H]21. The molecule has 0 bridgehead atoms. The van der Waals surface area contributed by atoms with E-state index in [4.69, 9.17) is 4.74 Å². The number of aromatic nitrogens is 1. The summed E-state index contributed by atoms with van der Waals surface area (Å²) in [6.45, 7) is 2.01. The minimum Gasteiger partial charge on any atom is -0.468 e. The minimum atomic E-state index is -1.25. The Morgan fingerprint density at radius 2 is 1.93 bits per heavy atom. The van der Waals surface area contributed by atoms with E-state index in [0.717, 1.165) is 11.1 Å². The monoisotopic (exact) mass is 393 g/mol. The fourth-order valence-electron chi connectivity index (χ4n) is 4.67. The number of pyridine rings is 1. The van der Waals surface area contributed by atoms with Gasteiger partial charge in [-0.25, -0.2) is 0 Å². The number of carbonyl (C=O) groups excluding carboxylic acids is 3. The van der Waals surface area contributed by atoms with Crippen LogP contribution in [0.15, 0.2) is 54.9 Å². The van der Waals surface area contributed by atoms with E-state index < -0.39 is 29.4 Å². The van der Waals surface area contributed by atoms with Gasteiger partial charge in [-0.15, -0.1) is 0 Å². The second-order valence-electron chi connectivity index (χ2n) is 7.48. The predicted octanol–water partition coefficient (Wildman–Crippen LogP) is 1.85. The quantitative estimate of drug-likeness (QED) is 0.616. The Bertz CT molecular complexity index is 934. The standard InChI is InChI=1S/C22H23N3O4/c1-3-22(21(28)29-2)17-16(18(24-22)15-10-7-11-23-12-15)19(26)25(20(17)27)13-14-8-5-4-6-9-14/h4-12,16-18,24H,3,13H2,1-2H3/t16-,17-,18-,22-/m0/s1. The van der Waals surface area contributed by atoms with Gasteiger partial charge in [0.05, 0.1) is 25.5 Å². The van der Waals surface area contributed by atoms with Crippen molar-refractivity contribution in [1.29, 1.82) is 0 Å². The van der Waals surface area contributed by atoms with Crippen molar-refractivity contribution >= 4 is 17.8 Å². The van der Waals surface area contributed by atoms with E-state index in [0.29, 0.717) is 6.42 Å². The minimum absolute atomic E-state index is 0.187. The fraction of sp³-hybridized carbons (Fsp3) is 0.364. The largest absolute Gasteiger partial charge is 0.468 e. The van der Waals surface area contributed by atoms with Crippen molar-refractivity contribution in [1.82, 2.24) is 15.2 Å². The van der Waals surface area contributed by atoms with Crippen LogP contribution in [-0.4, -0.2) is 40.3 Å². The zero-order chi connectivity index (χ0) is 20.6. The van der Waals surface area contributed by atoms with Crippen molar-refractivity contribution in [3.63, 3.8) is 0 Å². The average molecular weight is 393 g/mol. The number of imide groups is 1. The van der Waals surface area contributed by atoms with Gasteiger partial charge in [0.2, 0.25) is 11.8 Å². The molecule has 7 nitrogen and oxygen atoms in total. The second-order valence-corrected chi connectivity index (χ2v) is 7.48. The zero-order valence-corrected chi connectivity index (χ0v) is 16.4. The predicted molar refractivity (Wildman–Crippen MR) is 104 cm³/mol. The van der Waals surface area contributed by atoms with Crippen LogP contribution in [0, 0.1) is 11.8 Å².